The average Bonchev–Trinajstić information content (AvgIpc) is 3.27. The molecule has 1 aromatic carbocycles. The molecule has 3 N–H and O–H groups in total. The van der Waals surface area contributed by atoms with Crippen molar-refractivity contribution in [3.63, 3.8) is 0 Å². The Morgan fingerprint density at radius 3 is 2.65 bits per heavy atom. The van der Waals surface area contributed by atoms with Gasteiger partial charge in [-0.15, -0.1) is 0 Å². The summed E-state index contributed by atoms with van der Waals surface area (Å²) in [4.78, 5) is 41.6. The van der Waals surface area contributed by atoms with Crippen LogP contribution in [-0.2, 0) is 25.7 Å². The number of likely N-dealkylation sites (tertiary alicyclic amines) is 1. The predicted octanol–water partition coefficient (Wildman–Crippen LogP) is 2.13. The highest BCUT2D eigenvalue weighted by molar-refractivity contribution is 5.78. The van der Waals surface area contributed by atoms with Crippen LogP contribution in [0.15, 0.2) is 54.7 Å². The molecule has 0 saturated carbocycles. The van der Waals surface area contributed by atoms with Crippen molar-refractivity contribution in [2.45, 2.75) is 32.1 Å². The molecule has 1 fully saturated rings. The second kappa shape index (κ2) is 12.5. The van der Waals surface area contributed by atoms with Gasteiger partial charge in [0.25, 0.3) is 0 Å². The van der Waals surface area contributed by atoms with Crippen molar-refractivity contribution in [1.82, 2.24) is 15.2 Å². The number of hydrogen-bond donors (Lipinski definition) is 3. The number of pyridine rings is 1. The third-order valence-corrected chi connectivity index (χ3v) is 5.48. The number of carbonyl (C=O) groups is 3. The van der Waals surface area contributed by atoms with Gasteiger partial charge in [-0.2, -0.15) is 0 Å². The number of carboxylic acid groups (broad SMARTS) is 1. The Hall–Kier alpha value is -3.66. The molecule has 34 heavy (non-hydrogen) atoms. The molecule has 10 heteroatoms. The van der Waals surface area contributed by atoms with E-state index in [0.717, 1.165) is 5.56 Å². The number of amides is 2. The Morgan fingerprint density at radius 1 is 1.18 bits per heavy atom. The second-order valence-corrected chi connectivity index (χ2v) is 8.15. The highest BCUT2D eigenvalue weighted by Gasteiger charge is 2.37. The SMILES string of the molecule is CC(CNC(=O)COC1CC(CNc2ccccn2)N(C(=O)OCc2ccccc2)C1)C(=O)O. The van der Waals surface area contributed by atoms with Gasteiger partial charge in [0.1, 0.15) is 19.0 Å². The van der Waals surface area contributed by atoms with Crippen molar-refractivity contribution in [3.05, 3.63) is 60.3 Å². The van der Waals surface area contributed by atoms with Crippen molar-refractivity contribution in [2.24, 2.45) is 5.92 Å². The molecule has 3 unspecified atom stereocenters. The number of anilines is 1. The van der Waals surface area contributed by atoms with Crippen LogP contribution in [0.1, 0.15) is 18.9 Å². The summed E-state index contributed by atoms with van der Waals surface area (Å²) in [7, 11) is 0. The summed E-state index contributed by atoms with van der Waals surface area (Å²) in [5.41, 5.74) is 0.887. The minimum Gasteiger partial charge on any atom is -0.481 e. The Morgan fingerprint density at radius 2 is 1.94 bits per heavy atom. The molecule has 10 nitrogen and oxygen atoms in total. The van der Waals surface area contributed by atoms with Gasteiger partial charge in [0.2, 0.25) is 5.91 Å². The van der Waals surface area contributed by atoms with Crippen molar-refractivity contribution in [2.75, 3.05) is 31.6 Å². The third-order valence-electron chi connectivity index (χ3n) is 5.48. The van der Waals surface area contributed by atoms with Crippen LogP contribution in [0.2, 0.25) is 0 Å². The summed E-state index contributed by atoms with van der Waals surface area (Å²) in [6.07, 6.45) is 1.38. The largest absolute Gasteiger partial charge is 0.481 e. The van der Waals surface area contributed by atoms with Crippen LogP contribution in [0.5, 0.6) is 0 Å². The van der Waals surface area contributed by atoms with E-state index in [4.69, 9.17) is 14.6 Å². The molecule has 1 aromatic heterocycles. The van der Waals surface area contributed by atoms with Gasteiger partial charge in [-0.1, -0.05) is 43.3 Å². The maximum Gasteiger partial charge on any atom is 0.410 e. The normalized spacial score (nSPS) is 18.2. The Balaban J connectivity index is 1.54. The number of benzene rings is 1. The van der Waals surface area contributed by atoms with E-state index < -0.39 is 23.9 Å². The molecule has 1 saturated heterocycles. The Kier molecular flexibility index (Phi) is 9.21. The van der Waals surface area contributed by atoms with E-state index in [9.17, 15) is 14.4 Å². The predicted molar refractivity (Wildman–Crippen MR) is 124 cm³/mol. The molecule has 0 radical (unpaired) electrons. The van der Waals surface area contributed by atoms with E-state index in [0.29, 0.717) is 18.8 Å². The number of ether oxygens (including phenoxy) is 2. The molecule has 182 valence electrons. The Bertz CT molecular complexity index is 943. The summed E-state index contributed by atoms with van der Waals surface area (Å²) in [5.74, 6) is -1.38. The fourth-order valence-corrected chi connectivity index (χ4v) is 3.50. The molecule has 2 heterocycles. The lowest BCUT2D eigenvalue weighted by molar-refractivity contribution is -0.141. The zero-order chi connectivity index (χ0) is 24.3. The highest BCUT2D eigenvalue weighted by Crippen LogP contribution is 2.22. The van der Waals surface area contributed by atoms with Crippen molar-refractivity contribution in [3.8, 4) is 0 Å². The monoisotopic (exact) mass is 470 g/mol. The molecule has 3 rings (SSSR count). The van der Waals surface area contributed by atoms with Crippen molar-refractivity contribution < 1.29 is 29.0 Å². The number of hydrogen-bond acceptors (Lipinski definition) is 7. The second-order valence-electron chi connectivity index (χ2n) is 8.15. The van der Waals surface area contributed by atoms with E-state index in [2.05, 4.69) is 15.6 Å². The van der Waals surface area contributed by atoms with Crippen LogP contribution in [0.4, 0.5) is 10.6 Å². The fourth-order valence-electron chi connectivity index (χ4n) is 3.50. The summed E-state index contributed by atoms with van der Waals surface area (Å²) >= 11 is 0. The van der Waals surface area contributed by atoms with E-state index in [1.807, 2.05) is 48.5 Å². The number of carboxylic acids is 1. The fraction of sp³-hybridized carbons (Fsp3) is 0.417. The van der Waals surface area contributed by atoms with Crippen LogP contribution in [0.25, 0.3) is 0 Å². The molecular formula is C24H30N4O6. The van der Waals surface area contributed by atoms with Gasteiger partial charge in [-0.3, -0.25) is 9.59 Å². The number of carbonyl (C=O) groups excluding carboxylic acids is 2. The van der Waals surface area contributed by atoms with Crippen LogP contribution >= 0.6 is 0 Å². The number of nitrogens with zero attached hydrogens (tertiary/aromatic N) is 2. The summed E-state index contributed by atoms with van der Waals surface area (Å²) in [5, 5.41) is 14.7. The lowest BCUT2D eigenvalue weighted by Gasteiger charge is -2.24. The number of aliphatic carboxylic acids is 1. The lowest BCUT2D eigenvalue weighted by atomic mass is 10.2. The summed E-state index contributed by atoms with van der Waals surface area (Å²) in [6.45, 7) is 2.20. The van der Waals surface area contributed by atoms with Crippen LogP contribution in [0.3, 0.4) is 0 Å². The van der Waals surface area contributed by atoms with Gasteiger partial charge in [0.05, 0.1) is 24.6 Å². The number of aromatic nitrogens is 1. The first-order valence-corrected chi connectivity index (χ1v) is 11.2. The molecule has 1 aliphatic heterocycles. The first-order chi connectivity index (χ1) is 16.4. The molecule has 2 aromatic rings. The van der Waals surface area contributed by atoms with Gasteiger partial charge in [-0.05, 0) is 24.1 Å². The summed E-state index contributed by atoms with van der Waals surface area (Å²) < 4.78 is 11.2. The standard InChI is InChI=1S/C24H30N4O6/c1-17(23(30)31)12-27-22(29)16-33-20-11-19(13-26-21-9-5-6-10-25-21)28(14-20)24(32)34-15-18-7-3-2-4-8-18/h2-10,17,19-20H,11-16H2,1H3,(H,25,26)(H,27,29)(H,30,31). The minimum atomic E-state index is -0.982. The van der Waals surface area contributed by atoms with E-state index in [1.54, 1.807) is 11.1 Å². The quantitative estimate of drug-likeness (QED) is 0.455. The topological polar surface area (TPSA) is 130 Å². The molecule has 0 bridgehead atoms. The molecule has 1 aliphatic rings. The zero-order valence-corrected chi connectivity index (χ0v) is 19.1. The molecule has 0 aliphatic carbocycles. The van der Waals surface area contributed by atoms with Crippen LogP contribution in [0, 0.1) is 5.92 Å². The third kappa shape index (κ3) is 7.73. The van der Waals surface area contributed by atoms with Crippen molar-refractivity contribution in [1.29, 1.82) is 0 Å². The van der Waals surface area contributed by atoms with E-state index >= 15 is 0 Å². The van der Waals surface area contributed by atoms with E-state index in [-0.39, 0.29) is 38.4 Å². The highest BCUT2D eigenvalue weighted by atomic mass is 16.6. The molecule has 0 spiro atoms. The maximum atomic E-state index is 12.8. The minimum absolute atomic E-state index is 0.0246. The lowest BCUT2D eigenvalue weighted by Crippen LogP contribution is -2.40. The first-order valence-electron chi connectivity index (χ1n) is 11.2. The smallest absolute Gasteiger partial charge is 0.410 e. The molecular weight excluding hydrogens is 440 g/mol. The van der Waals surface area contributed by atoms with Crippen LogP contribution < -0.4 is 10.6 Å². The summed E-state index contributed by atoms with van der Waals surface area (Å²) in [6, 6.07) is 14.7. The first kappa shape index (κ1) is 25.0. The van der Waals surface area contributed by atoms with Gasteiger partial charge in [-0.25, -0.2) is 9.78 Å². The molecule has 3 atom stereocenters. The average molecular weight is 471 g/mol. The number of rotatable bonds is 11. The van der Waals surface area contributed by atoms with Gasteiger partial charge in [0.15, 0.2) is 0 Å². The maximum absolute atomic E-state index is 12.8. The van der Waals surface area contributed by atoms with E-state index in [1.165, 1.54) is 6.92 Å². The molecule has 2 amide bonds. The Labute approximate surface area is 198 Å². The number of nitrogens with one attached hydrogen (secondary N) is 2. The van der Waals surface area contributed by atoms with Crippen molar-refractivity contribution >= 4 is 23.8 Å². The van der Waals surface area contributed by atoms with Gasteiger partial charge in [0, 0.05) is 19.3 Å². The zero-order valence-electron chi connectivity index (χ0n) is 19.1. The van der Waals surface area contributed by atoms with Crippen LogP contribution in [-0.4, -0.2) is 71.3 Å². The van der Waals surface area contributed by atoms with Gasteiger partial charge < -0.3 is 30.1 Å². The van der Waals surface area contributed by atoms with Gasteiger partial charge >= 0.3 is 12.1 Å².